The molecule has 0 aliphatic heterocycles. The molecular formula is C14H29NO. The second kappa shape index (κ2) is 6.61. The van der Waals surface area contributed by atoms with Crippen LogP contribution < -0.4 is 5.73 Å². The van der Waals surface area contributed by atoms with Crippen LogP contribution in [0, 0.1) is 5.92 Å². The SMILES string of the molecule is CCCC(C)CC(N)C1(OCC)CCCC1. The summed E-state index contributed by atoms with van der Waals surface area (Å²) >= 11 is 0. The van der Waals surface area contributed by atoms with Gasteiger partial charge in [-0.1, -0.05) is 39.5 Å². The van der Waals surface area contributed by atoms with Crippen molar-refractivity contribution in [1.82, 2.24) is 0 Å². The lowest BCUT2D eigenvalue weighted by Gasteiger charge is -2.36. The molecule has 0 spiro atoms. The smallest absolute Gasteiger partial charge is 0.0832 e. The molecule has 0 amide bonds. The molecule has 2 N–H and O–H groups in total. The predicted octanol–water partition coefficient (Wildman–Crippen LogP) is 3.49. The first-order valence-electron chi connectivity index (χ1n) is 7.04. The standard InChI is InChI=1S/C14H29NO/c1-4-8-12(3)11-13(15)14(16-5-2)9-6-7-10-14/h12-13H,4-11,15H2,1-3H3. The second-order valence-electron chi connectivity index (χ2n) is 5.44. The molecule has 0 heterocycles. The van der Waals surface area contributed by atoms with E-state index in [-0.39, 0.29) is 11.6 Å². The molecule has 96 valence electrons. The van der Waals surface area contributed by atoms with Gasteiger partial charge in [0.05, 0.1) is 5.60 Å². The number of nitrogens with two attached hydrogens (primary N) is 1. The molecular weight excluding hydrogens is 198 g/mol. The van der Waals surface area contributed by atoms with Crippen LogP contribution in [0.15, 0.2) is 0 Å². The zero-order chi connectivity index (χ0) is 12.0. The van der Waals surface area contributed by atoms with Crippen LogP contribution >= 0.6 is 0 Å². The van der Waals surface area contributed by atoms with E-state index in [1.807, 2.05) is 0 Å². The van der Waals surface area contributed by atoms with Crippen molar-refractivity contribution in [2.24, 2.45) is 11.7 Å². The third-order valence-corrected chi connectivity index (χ3v) is 4.00. The summed E-state index contributed by atoms with van der Waals surface area (Å²) in [6.45, 7) is 7.45. The van der Waals surface area contributed by atoms with E-state index in [0.717, 1.165) is 18.9 Å². The molecule has 1 aliphatic carbocycles. The normalized spacial score (nSPS) is 23.2. The Morgan fingerprint density at radius 1 is 1.25 bits per heavy atom. The Morgan fingerprint density at radius 2 is 1.88 bits per heavy atom. The topological polar surface area (TPSA) is 35.2 Å². The zero-order valence-electron chi connectivity index (χ0n) is 11.3. The summed E-state index contributed by atoms with van der Waals surface area (Å²) in [5.41, 5.74) is 6.42. The van der Waals surface area contributed by atoms with Gasteiger partial charge in [-0.25, -0.2) is 0 Å². The van der Waals surface area contributed by atoms with E-state index >= 15 is 0 Å². The van der Waals surface area contributed by atoms with Crippen molar-refractivity contribution in [3.05, 3.63) is 0 Å². The lowest BCUT2D eigenvalue weighted by Crippen LogP contribution is -2.49. The van der Waals surface area contributed by atoms with Crippen LogP contribution in [-0.4, -0.2) is 18.2 Å². The Bertz CT molecular complexity index is 187. The Kier molecular flexibility index (Phi) is 5.77. The molecule has 0 aromatic carbocycles. The molecule has 2 atom stereocenters. The summed E-state index contributed by atoms with van der Waals surface area (Å²) in [7, 11) is 0. The van der Waals surface area contributed by atoms with E-state index < -0.39 is 0 Å². The van der Waals surface area contributed by atoms with Gasteiger partial charge in [-0.2, -0.15) is 0 Å². The Labute approximate surface area is 101 Å². The van der Waals surface area contributed by atoms with Crippen LogP contribution in [0.25, 0.3) is 0 Å². The lowest BCUT2D eigenvalue weighted by molar-refractivity contribution is -0.0570. The van der Waals surface area contributed by atoms with Crippen molar-refractivity contribution >= 4 is 0 Å². The van der Waals surface area contributed by atoms with E-state index in [9.17, 15) is 0 Å². The van der Waals surface area contributed by atoms with Gasteiger partial charge < -0.3 is 10.5 Å². The van der Waals surface area contributed by atoms with Crippen LogP contribution in [0.1, 0.15) is 65.7 Å². The number of ether oxygens (including phenoxy) is 1. The maximum Gasteiger partial charge on any atom is 0.0832 e. The molecule has 1 saturated carbocycles. The van der Waals surface area contributed by atoms with E-state index in [1.54, 1.807) is 0 Å². The van der Waals surface area contributed by atoms with Crippen molar-refractivity contribution in [3.63, 3.8) is 0 Å². The maximum absolute atomic E-state index is 6.41. The fraction of sp³-hybridized carbons (Fsp3) is 1.00. The van der Waals surface area contributed by atoms with Crippen LogP contribution in [0.5, 0.6) is 0 Å². The third-order valence-electron chi connectivity index (χ3n) is 4.00. The molecule has 2 nitrogen and oxygen atoms in total. The highest BCUT2D eigenvalue weighted by Gasteiger charge is 2.40. The van der Waals surface area contributed by atoms with Crippen LogP contribution in [-0.2, 0) is 4.74 Å². The van der Waals surface area contributed by atoms with Gasteiger partial charge in [-0.05, 0) is 32.1 Å². The largest absolute Gasteiger partial charge is 0.374 e. The van der Waals surface area contributed by atoms with Gasteiger partial charge in [0.25, 0.3) is 0 Å². The quantitative estimate of drug-likeness (QED) is 0.722. The van der Waals surface area contributed by atoms with Gasteiger partial charge in [-0.15, -0.1) is 0 Å². The van der Waals surface area contributed by atoms with E-state index in [1.165, 1.54) is 38.5 Å². The molecule has 2 unspecified atom stereocenters. The molecule has 16 heavy (non-hydrogen) atoms. The average Bonchev–Trinajstić information content (AvgIpc) is 2.68. The Morgan fingerprint density at radius 3 is 2.38 bits per heavy atom. The maximum atomic E-state index is 6.41. The fourth-order valence-corrected chi connectivity index (χ4v) is 3.14. The van der Waals surface area contributed by atoms with E-state index in [0.29, 0.717) is 0 Å². The van der Waals surface area contributed by atoms with Crippen LogP contribution in [0.3, 0.4) is 0 Å². The van der Waals surface area contributed by atoms with Crippen LogP contribution in [0.2, 0.25) is 0 Å². The summed E-state index contributed by atoms with van der Waals surface area (Å²) in [5.74, 6) is 0.734. The van der Waals surface area contributed by atoms with Gasteiger partial charge >= 0.3 is 0 Å². The third kappa shape index (κ3) is 3.46. The second-order valence-corrected chi connectivity index (χ2v) is 5.44. The summed E-state index contributed by atoms with van der Waals surface area (Å²) in [6.07, 6.45) is 8.58. The van der Waals surface area contributed by atoms with Gasteiger partial charge in [0.1, 0.15) is 0 Å². The first-order valence-corrected chi connectivity index (χ1v) is 7.04. The van der Waals surface area contributed by atoms with Gasteiger partial charge in [0.15, 0.2) is 0 Å². The molecule has 0 aromatic rings. The minimum absolute atomic E-state index is 0.0107. The summed E-state index contributed by atoms with van der Waals surface area (Å²) in [4.78, 5) is 0. The van der Waals surface area contributed by atoms with Crippen LogP contribution in [0.4, 0.5) is 0 Å². The Balaban J connectivity index is 2.50. The molecule has 1 fully saturated rings. The van der Waals surface area contributed by atoms with Gasteiger partial charge in [-0.3, -0.25) is 0 Å². The first kappa shape index (κ1) is 14.0. The molecule has 0 radical (unpaired) electrons. The van der Waals surface area contributed by atoms with Gasteiger partial charge in [0, 0.05) is 12.6 Å². The average molecular weight is 227 g/mol. The van der Waals surface area contributed by atoms with Crippen molar-refractivity contribution in [2.75, 3.05) is 6.61 Å². The minimum Gasteiger partial charge on any atom is -0.374 e. The monoisotopic (exact) mass is 227 g/mol. The Hall–Kier alpha value is -0.0800. The van der Waals surface area contributed by atoms with Crippen molar-refractivity contribution in [1.29, 1.82) is 0 Å². The van der Waals surface area contributed by atoms with Gasteiger partial charge in [0.2, 0.25) is 0 Å². The molecule has 1 aliphatic rings. The highest BCUT2D eigenvalue weighted by Crippen LogP contribution is 2.37. The minimum atomic E-state index is 0.0107. The zero-order valence-corrected chi connectivity index (χ0v) is 11.3. The van der Waals surface area contributed by atoms with Crippen molar-refractivity contribution < 1.29 is 4.74 Å². The molecule has 0 bridgehead atoms. The number of hydrogen-bond acceptors (Lipinski definition) is 2. The molecule has 0 aromatic heterocycles. The highest BCUT2D eigenvalue weighted by molar-refractivity contribution is 4.95. The van der Waals surface area contributed by atoms with E-state index in [2.05, 4.69) is 20.8 Å². The fourth-order valence-electron chi connectivity index (χ4n) is 3.14. The summed E-state index contributed by atoms with van der Waals surface area (Å²) in [5, 5.41) is 0. The predicted molar refractivity (Wildman–Crippen MR) is 69.5 cm³/mol. The number of rotatable bonds is 7. The first-order chi connectivity index (χ1) is 7.64. The molecule has 1 rings (SSSR count). The number of hydrogen-bond donors (Lipinski definition) is 1. The highest BCUT2D eigenvalue weighted by atomic mass is 16.5. The molecule has 0 saturated heterocycles. The van der Waals surface area contributed by atoms with E-state index in [4.69, 9.17) is 10.5 Å². The van der Waals surface area contributed by atoms with Crippen molar-refractivity contribution in [3.8, 4) is 0 Å². The lowest BCUT2D eigenvalue weighted by atomic mass is 9.85. The van der Waals surface area contributed by atoms with Crippen molar-refractivity contribution in [2.45, 2.75) is 77.4 Å². The summed E-state index contributed by atoms with van der Waals surface area (Å²) < 4.78 is 6.01. The summed E-state index contributed by atoms with van der Waals surface area (Å²) in [6, 6.07) is 0.233. The molecule has 2 heteroatoms.